The van der Waals surface area contributed by atoms with Crippen LogP contribution in [0.15, 0.2) is 33.9 Å². The van der Waals surface area contributed by atoms with Crippen LogP contribution in [0.1, 0.15) is 21.5 Å². The largest absolute Gasteiger partial charge is 0.417 e. The van der Waals surface area contributed by atoms with Gasteiger partial charge in [-0.25, -0.2) is 8.42 Å². The number of halogens is 3. The van der Waals surface area contributed by atoms with Gasteiger partial charge in [-0.3, -0.25) is 4.79 Å². The Morgan fingerprint density at radius 2 is 1.91 bits per heavy atom. The molecule has 1 N–H and O–H groups in total. The molecule has 0 saturated carbocycles. The lowest BCUT2D eigenvalue weighted by Crippen LogP contribution is -2.19. The second kappa shape index (κ2) is 5.69. The van der Waals surface area contributed by atoms with Crippen LogP contribution in [0.5, 0.6) is 0 Å². The summed E-state index contributed by atoms with van der Waals surface area (Å²) in [5, 5.41) is 5.73. The van der Waals surface area contributed by atoms with Gasteiger partial charge in [-0.05, 0) is 24.6 Å². The zero-order valence-corrected chi connectivity index (χ0v) is 12.7. The molecule has 0 spiro atoms. The average molecular weight is 348 g/mol. The third-order valence-corrected chi connectivity index (χ3v) is 4.27. The van der Waals surface area contributed by atoms with Crippen LogP contribution in [0.4, 0.5) is 19.0 Å². The summed E-state index contributed by atoms with van der Waals surface area (Å²) < 4.78 is 67.0. The predicted molar refractivity (Wildman–Crippen MR) is 73.7 cm³/mol. The Labute approximate surface area is 129 Å². The summed E-state index contributed by atoms with van der Waals surface area (Å²) in [4.78, 5) is 11.2. The molecule has 1 aromatic heterocycles. The van der Waals surface area contributed by atoms with Gasteiger partial charge in [0.05, 0.1) is 10.5 Å². The highest BCUT2D eigenvalue weighted by atomic mass is 32.2. The number of rotatable bonds is 3. The molecular weight excluding hydrogens is 337 g/mol. The number of nitrogens with one attached hydrogen (secondary N) is 1. The fraction of sp³-hybridized carbons (Fsp3) is 0.231. The second-order valence-electron chi connectivity index (χ2n) is 4.72. The number of benzene rings is 1. The Kier molecular flexibility index (Phi) is 4.20. The molecule has 2 rings (SSSR count). The molecular formula is C13H11F3N2O4S. The molecule has 0 aliphatic rings. The van der Waals surface area contributed by atoms with E-state index >= 15 is 0 Å². The highest BCUT2D eigenvalue weighted by molar-refractivity contribution is 7.90. The number of hydrogen-bond acceptors (Lipinski definition) is 5. The summed E-state index contributed by atoms with van der Waals surface area (Å²) in [7, 11) is -4.20. The Morgan fingerprint density at radius 1 is 1.26 bits per heavy atom. The average Bonchev–Trinajstić information content (AvgIpc) is 2.88. The first kappa shape index (κ1) is 17.0. The maximum Gasteiger partial charge on any atom is 0.417 e. The van der Waals surface area contributed by atoms with E-state index in [1.807, 2.05) is 0 Å². The monoisotopic (exact) mass is 348 g/mol. The van der Waals surface area contributed by atoms with E-state index in [1.165, 1.54) is 12.3 Å². The molecule has 0 atom stereocenters. The first-order chi connectivity index (χ1) is 10.5. The maximum absolute atomic E-state index is 13.0. The van der Waals surface area contributed by atoms with Crippen molar-refractivity contribution < 1.29 is 30.9 Å². The Bertz CT molecular complexity index is 843. The van der Waals surface area contributed by atoms with E-state index in [1.54, 1.807) is 0 Å². The SMILES string of the molecule is Cc1c(C(=O)Nc2ccon2)ccc(C(F)(F)F)c1S(C)(=O)=O. The van der Waals surface area contributed by atoms with Crippen LogP contribution in [-0.4, -0.2) is 25.7 Å². The Balaban J connectivity index is 2.58. The lowest BCUT2D eigenvalue weighted by molar-refractivity contribution is -0.139. The molecule has 1 heterocycles. The van der Waals surface area contributed by atoms with Crippen molar-refractivity contribution in [1.82, 2.24) is 5.16 Å². The Morgan fingerprint density at radius 3 is 2.39 bits per heavy atom. The van der Waals surface area contributed by atoms with Crippen molar-refractivity contribution in [1.29, 1.82) is 0 Å². The minimum Gasteiger partial charge on any atom is -0.363 e. The van der Waals surface area contributed by atoms with Gasteiger partial charge < -0.3 is 9.84 Å². The zero-order chi connectivity index (χ0) is 17.4. The van der Waals surface area contributed by atoms with Gasteiger partial charge in [0.25, 0.3) is 5.91 Å². The number of aromatic nitrogens is 1. The quantitative estimate of drug-likeness (QED) is 0.921. The number of carbonyl (C=O) groups is 1. The van der Waals surface area contributed by atoms with E-state index in [0.29, 0.717) is 12.3 Å². The lowest BCUT2D eigenvalue weighted by Gasteiger charge is -2.16. The molecule has 1 aromatic carbocycles. The summed E-state index contributed by atoms with van der Waals surface area (Å²) in [6, 6.07) is 2.82. The lowest BCUT2D eigenvalue weighted by atomic mass is 10.0. The van der Waals surface area contributed by atoms with Gasteiger partial charge in [0.15, 0.2) is 15.7 Å². The van der Waals surface area contributed by atoms with Crippen LogP contribution in [0.2, 0.25) is 0 Å². The van der Waals surface area contributed by atoms with Crippen LogP contribution in [-0.2, 0) is 16.0 Å². The smallest absolute Gasteiger partial charge is 0.363 e. The Hall–Kier alpha value is -2.36. The minimum atomic E-state index is -4.86. The summed E-state index contributed by atoms with van der Waals surface area (Å²) in [5.74, 6) is -0.745. The summed E-state index contributed by atoms with van der Waals surface area (Å²) >= 11 is 0. The molecule has 0 fully saturated rings. The highest BCUT2D eigenvalue weighted by Gasteiger charge is 2.38. The van der Waals surface area contributed by atoms with Gasteiger partial charge in [0.1, 0.15) is 6.26 Å². The van der Waals surface area contributed by atoms with Gasteiger partial charge in [-0.1, -0.05) is 5.16 Å². The molecule has 0 unspecified atom stereocenters. The van der Waals surface area contributed by atoms with Gasteiger partial charge in [0.2, 0.25) is 0 Å². The van der Waals surface area contributed by atoms with Crippen LogP contribution in [0.25, 0.3) is 0 Å². The van der Waals surface area contributed by atoms with E-state index in [-0.39, 0.29) is 16.9 Å². The normalized spacial score (nSPS) is 12.2. The molecule has 2 aromatic rings. The maximum atomic E-state index is 13.0. The fourth-order valence-corrected chi connectivity index (χ4v) is 3.35. The molecule has 23 heavy (non-hydrogen) atoms. The second-order valence-corrected chi connectivity index (χ2v) is 6.68. The van der Waals surface area contributed by atoms with E-state index in [4.69, 9.17) is 0 Å². The molecule has 124 valence electrons. The number of anilines is 1. The molecule has 10 heteroatoms. The number of sulfone groups is 1. The number of amides is 1. The van der Waals surface area contributed by atoms with Crippen molar-refractivity contribution in [2.75, 3.05) is 11.6 Å². The van der Waals surface area contributed by atoms with Crippen molar-refractivity contribution in [3.05, 3.63) is 41.2 Å². The van der Waals surface area contributed by atoms with Crippen molar-refractivity contribution in [2.45, 2.75) is 18.0 Å². The molecule has 6 nitrogen and oxygen atoms in total. The summed E-state index contributed by atoms with van der Waals surface area (Å²) in [6.45, 7) is 1.14. The van der Waals surface area contributed by atoms with E-state index in [9.17, 15) is 26.4 Å². The van der Waals surface area contributed by atoms with Crippen LogP contribution >= 0.6 is 0 Å². The van der Waals surface area contributed by atoms with Crippen LogP contribution in [0.3, 0.4) is 0 Å². The first-order valence-corrected chi connectivity index (χ1v) is 8.03. The first-order valence-electron chi connectivity index (χ1n) is 6.14. The predicted octanol–water partition coefficient (Wildman–Crippen LogP) is 2.66. The van der Waals surface area contributed by atoms with Crippen molar-refractivity contribution in [2.24, 2.45) is 0 Å². The highest BCUT2D eigenvalue weighted by Crippen LogP contribution is 2.36. The molecule has 0 bridgehead atoms. The topological polar surface area (TPSA) is 89.3 Å². The van der Waals surface area contributed by atoms with Crippen molar-refractivity contribution in [3.63, 3.8) is 0 Å². The third kappa shape index (κ3) is 3.52. The third-order valence-electron chi connectivity index (χ3n) is 3.01. The number of hydrogen-bond donors (Lipinski definition) is 1. The van der Waals surface area contributed by atoms with Crippen LogP contribution in [0, 0.1) is 6.92 Å². The summed E-state index contributed by atoms with van der Waals surface area (Å²) in [6.07, 6.45) is -3.01. The van der Waals surface area contributed by atoms with Crippen molar-refractivity contribution >= 4 is 21.6 Å². The molecule has 1 amide bonds. The zero-order valence-electron chi connectivity index (χ0n) is 11.9. The standard InChI is InChI=1S/C13H11F3N2O4S/c1-7-8(12(19)17-10-5-6-22-18-10)3-4-9(13(14,15)16)11(7)23(2,20)21/h3-6H,1-2H3,(H,17,18,19). The van der Waals surface area contributed by atoms with Crippen molar-refractivity contribution in [3.8, 4) is 0 Å². The molecule has 0 radical (unpaired) electrons. The van der Waals surface area contributed by atoms with Crippen LogP contribution < -0.4 is 5.32 Å². The van der Waals surface area contributed by atoms with Gasteiger partial charge in [-0.15, -0.1) is 0 Å². The molecule has 0 aliphatic carbocycles. The number of nitrogens with zero attached hydrogens (tertiary/aromatic N) is 1. The van der Waals surface area contributed by atoms with Gasteiger partial charge >= 0.3 is 6.18 Å². The van der Waals surface area contributed by atoms with E-state index < -0.39 is 32.4 Å². The number of carbonyl (C=O) groups excluding carboxylic acids is 1. The minimum absolute atomic E-state index is 0.0511. The van der Waals surface area contributed by atoms with E-state index in [2.05, 4.69) is 15.0 Å². The fourth-order valence-electron chi connectivity index (χ4n) is 2.10. The summed E-state index contributed by atoms with van der Waals surface area (Å²) in [5.41, 5.74) is -1.81. The molecule has 0 aliphatic heterocycles. The van der Waals surface area contributed by atoms with Gasteiger partial charge in [0, 0.05) is 17.9 Å². The number of alkyl halides is 3. The van der Waals surface area contributed by atoms with Gasteiger partial charge in [-0.2, -0.15) is 13.2 Å². The molecule has 0 saturated heterocycles. The van der Waals surface area contributed by atoms with E-state index in [0.717, 1.165) is 13.0 Å².